The SMILES string of the molecule is CCCCCCc1ccc2c(c1)C(C)(C)c1cc(N(c3ccc(Br)cc3)c3ccc(Br)cc3)ccc1-2. The molecule has 0 aromatic heterocycles. The third-order valence-electron chi connectivity index (χ3n) is 7.47. The molecule has 0 saturated heterocycles. The number of fused-ring (bicyclic) bond motifs is 3. The van der Waals surface area contributed by atoms with Gasteiger partial charge in [-0.05, 0) is 101 Å². The molecule has 4 aromatic rings. The number of halogens is 2. The summed E-state index contributed by atoms with van der Waals surface area (Å²) < 4.78 is 2.16. The second kappa shape index (κ2) is 10.6. The van der Waals surface area contributed by atoms with Crippen molar-refractivity contribution in [2.24, 2.45) is 0 Å². The Labute approximate surface area is 232 Å². The van der Waals surface area contributed by atoms with E-state index in [1.54, 1.807) is 0 Å². The van der Waals surface area contributed by atoms with Crippen molar-refractivity contribution in [2.75, 3.05) is 4.90 Å². The molecule has 36 heavy (non-hydrogen) atoms. The molecule has 4 aromatic carbocycles. The molecule has 0 spiro atoms. The van der Waals surface area contributed by atoms with Gasteiger partial charge in [0.1, 0.15) is 0 Å². The average molecular weight is 603 g/mol. The first-order chi connectivity index (χ1) is 17.4. The van der Waals surface area contributed by atoms with E-state index in [0.717, 1.165) is 20.3 Å². The summed E-state index contributed by atoms with van der Waals surface area (Å²) in [6.45, 7) is 7.04. The van der Waals surface area contributed by atoms with Crippen molar-refractivity contribution < 1.29 is 0 Å². The molecule has 0 N–H and O–H groups in total. The monoisotopic (exact) mass is 601 g/mol. The lowest BCUT2D eigenvalue weighted by Gasteiger charge is -2.28. The Hall–Kier alpha value is -2.36. The summed E-state index contributed by atoms with van der Waals surface area (Å²) >= 11 is 7.19. The predicted octanol–water partition coefficient (Wildman–Crippen LogP) is 11.1. The first kappa shape index (κ1) is 25.3. The normalized spacial score (nSPS) is 13.4. The van der Waals surface area contributed by atoms with Gasteiger partial charge in [0.15, 0.2) is 0 Å². The van der Waals surface area contributed by atoms with E-state index >= 15 is 0 Å². The molecular weight excluding hydrogens is 570 g/mol. The predicted molar refractivity (Wildman–Crippen MR) is 162 cm³/mol. The van der Waals surface area contributed by atoms with Gasteiger partial charge in [-0.15, -0.1) is 0 Å². The number of nitrogens with zero attached hydrogens (tertiary/aromatic N) is 1. The highest BCUT2D eigenvalue weighted by molar-refractivity contribution is 9.10. The molecule has 5 rings (SSSR count). The molecule has 0 heterocycles. The zero-order chi connectivity index (χ0) is 25.3. The van der Waals surface area contributed by atoms with Crippen LogP contribution < -0.4 is 4.90 Å². The lowest BCUT2D eigenvalue weighted by molar-refractivity contribution is 0.652. The minimum atomic E-state index is -0.0365. The van der Waals surface area contributed by atoms with Crippen molar-refractivity contribution in [1.82, 2.24) is 0 Å². The van der Waals surface area contributed by atoms with Gasteiger partial charge in [-0.3, -0.25) is 0 Å². The van der Waals surface area contributed by atoms with E-state index in [1.807, 2.05) is 0 Å². The molecule has 1 nitrogen and oxygen atoms in total. The molecule has 0 amide bonds. The molecule has 0 atom stereocenters. The van der Waals surface area contributed by atoms with Crippen LogP contribution in [0.5, 0.6) is 0 Å². The fourth-order valence-electron chi connectivity index (χ4n) is 5.45. The number of aryl methyl sites for hydroxylation is 1. The maximum absolute atomic E-state index is 3.59. The lowest BCUT2D eigenvalue weighted by Crippen LogP contribution is -2.17. The summed E-state index contributed by atoms with van der Waals surface area (Å²) in [6, 6.07) is 31.3. The van der Waals surface area contributed by atoms with E-state index in [4.69, 9.17) is 0 Å². The lowest BCUT2D eigenvalue weighted by atomic mass is 9.81. The van der Waals surface area contributed by atoms with Crippen LogP contribution in [0, 0.1) is 0 Å². The average Bonchev–Trinajstić information content (AvgIpc) is 3.10. The van der Waals surface area contributed by atoms with Crippen LogP contribution in [-0.2, 0) is 11.8 Å². The Morgan fingerprint density at radius 3 is 1.72 bits per heavy atom. The third-order valence-corrected chi connectivity index (χ3v) is 8.53. The molecule has 0 bridgehead atoms. The van der Waals surface area contributed by atoms with Gasteiger partial charge < -0.3 is 4.90 Å². The molecule has 0 unspecified atom stereocenters. The molecule has 0 radical (unpaired) electrons. The number of hydrogen-bond acceptors (Lipinski definition) is 1. The van der Waals surface area contributed by atoms with Gasteiger partial charge in [-0.25, -0.2) is 0 Å². The highest BCUT2D eigenvalue weighted by Gasteiger charge is 2.36. The summed E-state index contributed by atoms with van der Waals surface area (Å²) in [4.78, 5) is 2.34. The van der Waals surface area contributed by atoms with Crippen LogP contribution in [0.3, 0.4) is 0 Å². The minimum Gasteiger partial charge on any atom is -0.310 e. The molecule has 3 heteroatoms. The number of rotatable bonds is 8. The van der Waals surface area contributed by atoms with Gasteiger partial charge in [-0.2, -0.15) is 0 Å². The van der Waals surface area contributed by atoms with Gasteiger partial charge >= 0.3 is 0 Å². The summed E-state index contributed by atoms with van der Waals surface area (Å²) in [5.41, 5.74) is 10.5. The van der Waals surface area contributed by atoms with Crippen LogP contribution in [0.2, 0.25) is 0 Å². The maximum atomic E-state index is 3.59. The van der Waals surface area contributed by atoms with Gasteiger partial charge in [0.2, 0.25) is 0 Å². The van der Waals surface area contributed by atoms with Crippen LogP contribution in [0.4, 0.5) is 17.1 Å². The minimum absolute atomic E-state index is 0.0365. The highest BCUT2D eigenvalue weighted by atomic mass is 79.9. The third kappa shape index (κ3) is 4.93. The number of benzene rings is 4. The van der Waals surface area contributed by atoms with E-state index in [2.05, 4.69) is 142 Å². The van der Waals surface area contributed by atoms with E-state index in [-0.39, 0.29) is 5.41 Å². The molecule has 0 fully saturated rings. The number of unbranched alkanes of at least 4 members (excludes halogenated alkanes) is 3. The highest BCUT2D eigenvalue weighted by Crippen LogP contribution is 2.51. The Morgan fingerprint density at radius 2 is 1.14 bits per heavy atom. The van der Waals surface area contributed by atoms with Crippen LogP contribution in [0.15, 0.2) is 93.9 Å². The van der Waals surface area contributed by atoms with Crippen LogP contribution in [0.25, 0.3) is 11.1 Å². The van der Waals surface area contributed by atoms with Crippen LogP contribution in [0.1, 0.15) is 63.1 Å². The van der Waals surface area contributed by atoms with Crippen molar-refractivity contribution in [2.45, 2.75) is 58.3 Å². The molecule has 0 aliphatic heterocycles. The standard InChI is InChI=1S/C33H33Br2N/c1-4-5-6-7-8-23-9-19-29-30-20-18-28(22-32(30)33(2,3)31(29)21-23)36(26-14-10-24(34)11-15-26)27-16-12-25(35)13-17-27/h9-22H,4-8H2,1-3H3. The Kier molecular flexibility index (Phi) is 7.42. The van der Waals surface area contributed by atoms with Crippen LogP contribution in [-0.4, -0.2) is 0 Å². The summed E-state index contributed by atoms with van der Waals surface area (Å²) in [7, 11) is 0. The Bertz CT molecular complexity index is 1310. The molecular formula is C33H33Br2N. The van der Waals surface area contributed by atoms with E-state index in [0.29, 0.717) is 0 Å². The molecule has 184 valence electrons. The van der Waals surface area contributed by atoms with Gasteiger partial charge in [0, 0.05) is 31.4 Å². The molecule has 0 saturated carbocycles. The summed E-state index contributed by atoms with van der Waals surface area (Å²) in [5.74, 6) is 0. The van der Waals surface area contributed by atoms with E-state index in [9.17, 15) is 0 Å². The van der Waals surface area contributed by atoms with Crippen molar-refractivity contribution in [3.8, 4) is 11.1 Å². The second-order valence-corrected chi connectivity index (χ2v) is 12.2. The first-order valence-corrected chi connectivity index (χ1v) is 14.6. The topological polar surface area (TPSA) is 3.24 Å². The largest absolute Gasteiger partial charge is 0.310 e. The smallest absolute Gasteiger partial charge is 0.0465 e. The quantitative estimate of drug-likeness (QED) is 0.181. The number of hydrogen-bond donors (Lipinski definition) is 0. The van der Waals surface area contributed by atoms with Crippen LogP contribution >= 0.6 is 31.9 Å². The van der Waals surface area contributed by atoms with E-state index < -0.39 is 0 Å². The fourth-order valence-corrected chi connectivity index (χ4v) is 5.98. The van der Waals surface area contributed by atoms with Crippen molar-refractivity contribution in [1.29, 1.82) is 0 Å². The van der Waals surface area contributed by atoms with Gasteiger partial charge in [0.05, 0.1) is 0 Å². The second-order valence-electron chi connectivity index (χ2n) is 10.3. The molecule has 1 aliphatic rings. The fraction of sp³-hybridized carbons (Fsp3) is 0.273. The Morgan fingerprint density at radius 1 is 0.611 bits per heavy atom. The maximum Gasteiger partial charge on any atom is 0.0465 e. The zero-order valence-corrected chi connectivity index (χ0v) is 24.5. The summed E-state index contributed by atoms with van der Waals surface area (Å²) in [5, 5.41) is 0. The molecule has 1 aliphatic carbocycles. The van der Waals surface area contributed by atoms with Crippen molar-refractivity contribution in [3.63, 3.8) is 0 Å². The first-order valence-electron chi connectivity index (χ1n) is 13.0. The van der Waals surface area contributed by atoms with Gasteiger partial charge in [-0.1, -0.05) is 96.2 Å². The van der Waals surface area contributed by atoms with Gasteiger partial charge in [0.25, 0.3) is 0 Å². The van der Waals surface area contributed by atoms with Crippen molar-refractivity contribution in [3.05, 3.63) is 111 Å². The number of anilines is 3. The van der Waals surface area contributed by atoms with Crippen molar-refractivity contribution >= 4 is 48.9 Å². The summed E-state index contributed by atoms with van der Waals surface area (Å²) in [6.07, 6.45) is 6.39. The Balaban J connectivity index is 1.54. The zero-order valence-electron chi connectivity index (χ0n) is 21.3. The van der Waals surface area contributed by atoms with E-state index in [1.165, 1.54) is 65.6 Å².